The lowest BCUT2D eigenvalue weighted by molar-refractivity contribution is 0.618. The van der Waals surface area contributed by atoms with Crippen LogP contribution in [0, 0.1) is 13.8 Å². The number of aryl methyl sites for hydroxylation is 2. The first kappa shape index (κ1) is 12.2. The zero-order chi connectivity index (χ0) is 11.4. The molecule has 0 aliphatic carbocycles. The number of hydrogen-bond donors (Lipinski definition) is 1. The van der Waals surface area contributed by atoms with Gasteiger partial charge in [0.15, 0.2) is 0 Å². The van der Waals surface area contributed by atoms with Crippen LogP contribution in [0.5, 0.6) is 0 Å². The topological polar surface area (TPSA) is 29.9 Å². The van der Waals surface area contributed by atoms with Crippen molar-refractivity contribution in [1.29, 1.82) is 0 Å². The van der Waals surface area contributed by atoms with Crippen LogP contribution in [0.2, 0.25) is 0 Å². The SMILES string of the molecule is CCNCC(C)c1c(C)nn(CC)c1C. The Labute approximate surface area is 92.9 Å². The van der Waals surface area contributed by atoms with Crippen molar-refractivity contribution in [1.82, 2.24) is 15.1 Å². The predicted octanol–water partition coefficient (Wildman–Crippen LogP) is 2.23. The quantitative estimate of drug-likeness (QED) is 0.806. The molecule has 0 aliphatic heterocycles. The van der Waals surface area contributed by atoms with Gasteiger partial charge in [-0.2, -0.15) is 5.10 Å². The Morgan fingerprint density at radius 2 is 2.00 bits per heavy atom. The van der Waals surface area contributed by atoms with Crippen molar-refractivity contribution in [3.05, 3.63) is 17.0 Å². The van der Waals surface area contributed by atoms with Crippen LogP contribution in [-0.2, 0) is 6.54 Å². The first-order valence-electron chi connectivity index (χ1n) is 5.86. The maximum atomic E-state index is 4.55. The normalized spacial score (nSPS) is 13.1. The molecular formula is C12H23N3. The summed E-state index contributed by atoms with van der Waals surface area (Å²) in [5.41, 5.74) is 3.91. The summed E-state index contributed by atoms with van der Waals surface area (Å²) in [7, 11) is 0. The van der Waals surface area contributed by atoms with Crippen LogP contribution in [0.4, 0.5) is 0 Å². The molecule has 0 aromatic carbocycles. The van der Waals surface area contributed by atoms with Gasteiger partial charge in [-0.15, -0.1) is 0 Å². The van der Waals surface area contributed by atoms with E-state index in [-0.39, 0.29) is 0 Å². The van der Waals surface area contributed by atoms with Crippen LogP contribution < -0.4 is 5.32 Å². The molecule has 3 nitrogen and oxygen atoms in total. The molecule has 1 heterocycles. The number of aromatic nitrogens is 2. The highest BCUT2D eigenvalue weighted by molar-refractivity contribution is 5.28. The summed E-state index contributed by atoms with van der Waals surface area (Å²) in [6, 6.07) is 0. The lowest BCUT2D eigenvalue weighted by Crippen LogP contribution is -2.20. The fourth-order valence-electron chi connectivity index (χ4n) is 2.19. The molecule has 0 saturated heterocycles. The van der Waals surface area contributed by atoms with Gasteiger partial charge in [-0.3, -0.25) is 4.68 Å². The number of hydrogen-bond acceptors (Lipinski definition) is 2. The zero-order valence-electron chi connectivity index (χ0n) is 10.6. The Morgan fingerprint density at radius 1 is 1.33 bits per heavy atom. The highest BCUT2D eigenvalue weighted by atomic mass is 15.3. The van der Waals surface area contributed by atoms with Crippen LogP contribution in [0.15, 0.2) is 0 Å². The molecule has 0 saturated carbocycles. The Kier molecular flexibility index (Phi) is 4.33. The third-order valence-corrected chi connectivity index (χ3v) is 2.93. The molecule has 0 amide bonds. The number of nitrogens with zero attached hydrogens (tertiary/aromatic N) is 2. The fourth-order valence-corrected chi connectivity index (χ4v) is 2.19. The van der Waals surface area contributed by atoms with E-state index in [1.165, 1.54) is 17.0 Å². The molecule has 1 unspecified atom stereocenters. The maximum Gasteiger partial charge on any atom is 0.0631 e. The Morgan fingerprint density at radius 3 is 2.47 bits per heavy atom. The molecule has 0 aliphatic rings. The molecule has 0 bridgehead atoms. The second kappa shape index (κ2) is 5.31. The summed E-state index contributed by atoms with van der Waals surface area (Å²) >= 11 is 0. The Bertz CT molecular complexity index is 315. The van der Waals surface area contributed by atoms with Crippen molar-refractivity contribution >= 4 is 0 Å². The lowest BCUT2D eigenvalue weighted by Gasteiger charge is -2.12. The molecule has 1 aromatic heterocycles. The van der Waals surface area contributed by atoms with E-state index in [0.717, 1.165) is 19.6 Å². The summed E-state index contributed by atoms with van der Waals surface area (Å²) in [4.78, 5) is 0. The van der Waals surface area contributed by atoms with Gasteiger partial charge in [0.25, 0.3) is 0 Å². The second-order valence-corrected chi connectivity index (χ2v) is 4.11. The largest absolute Gasteiger partial charge is 0.316 e. The van der Waals surface area contributed by atoms with E-state index in [1.807, 2.05) is 0 Å². The van der Waals surface area contributed by atoms with Gasteiger partial charge < -0.3 is 5.32 Å². The van der Waals surface area contributed by atoms with Gasteiger partial charge in [-0.1, -0.05) is 13.8 Å². The third-order valence-electron chi connectivity index (χ3n) is 2.93. The van der Waals surface area contributed by atoms with Gasteiger partial charge in [0.1, 0.15) is 0 Å². The molecule has 0 fully saturated rings. The van der Waals surface area contributed by atoms with Gasteiger partial charge in [0.05, 0.1) is 5.69 Å². The molecule has 1 aromatic rings. The summed E-state index contributed by atoms with van der Waals surface area (Å²) in [6.07, 6.45) is 0. The maximum absolute atomic E-state index is 4.55. The number of rotatable bonds is 5. The monoisotopic (exact) mass is 209 g/mol. The molecule has 0 radical (unpaired) electrons. The summed E-state index contributed by atoms with van der Waals surface area (Å²) in [6.45, 7) is 13.8. The smallest absolute Gasteiger partial charge is 0.0631 e. The lowest BCUT2D eigenvalue weighted by atomic mass is 9.99. The standard InChI is InChI=1S/C12H23N3/c1-6-13-8-9(3)12-10(4)14-15(7-2)11(12)5/h9,13H,6-8H2,1-5H3. The van der Waals surface area contributed by atoms with E-state index in [2.05, 4.69) is 49.7 Å². The average Bonchev–Trinajstić information content (AvgIpc) is 2.50. The van der Waals surface area contributed by atoms with Crippen molar-refractivity contribution in [2.45, 2.75) is 47.1 Å². The minimum absolute atomic E-state index is 0.547. The van der Waals surface area contributed by atoms with Crippen LogP contribution >= 0.6 is 0 Å². The minimum atomic E-state index is 0.547. The summed E-state index contributed by atoms with van der Waals surface area (Å²) in [5.74, 6) is 0.547. The van der Waals surface area contributed by atoms with Crippen molar-refractivity contribution in [2.24, 2.45) is 0 Å². The third kappa shape index (κ3) is 2.59. The van der Waals surface area contributed by atoms with E-state index < -0.39 is 0 Å². The van der Waals surface area contributed by atoms with E-state index in [9.17, 15) is 0 Å². The van der Waals surface area contributed by atoms with Crippen molar-refractivity contribution in [3.8, 4) is 0 Å². The fraction of sp³-hybridized carbons (Fsp3) is 0.750. The molecule has 86 valence electrons. The number of likely N-dealkylation sites (N-methyl/N-ethyl adjacent to an activating group) is 1. The van der Waals surface area contributed by atoms with Crippen molar-refractivity contribution in [2.75, 3.05) is 13.1 Å². The zero-order valence-corrected chi connectivity index (χ0v) is 10.6. The van der Waals surface area contributed by atoms with E-state index in [4.69, 9.17) is 0 Å². The van der Waals surface area contributed by atoms with Gasteiger partial charge in [-0.25, -0.2) is 0 Å². The highest BCUT2D eigenvalue weighted by Crippen LogP contribution is 2.22. The highest BCUT2D eigenvalue weighted by Gasteiger charge is 2.16. The van der Waals surface area contributed by atoms with Crippen LogP contribution in [0.3, 0.4) is 0 Å². The molecule has 1 rings (SSSR count). The van der Waals surface area contributed by atoms with Gasteiger partial charge in [0, 0.05) is 18.8 Å². The van der Waals surface area contributed by atoms with Crippen LogP contribution in [0.1, 0.15) is 43.6 Å². The van der Waals surface area contributed by atoms with E-state index in [0.29, 0.717) is 5.92 Å². The number of nitrogens with one attached hydrogen (secondary N) is 1. The molecule has 3 heteroatoms. The molecule has 1 N–H and O–H groups in total. The Hall–Kier alpha value is -0.830. The first-order chi connectivity index (χ1) is 7.11. The Balaban J connectivity index is 2.87. The summed E-state index contributed by atoms with van der Waals surface area (Å²) < 4.78 is 2.09. The predicted molar refractivity (Wildman–Crippen MR) is 64.3 cm³/mol. The minimum Gasteiger partial charge on any atom is -0.316 e. The molecule has 1 atom stereocenters. The first-order valence-corrected chi connectivity index (χ1v) is 5.86. The summed E-state index contributed by atoms with van der Waals surface area (Å²) in [5, 5.41) is 7.94. The average molecular weight is 209 g/mol. The van der Waals surface area contributed by atoms with Crippen LogP contribution in [0.25, 0.3) is 0 Å². The van der Waals surface area contributed by atoms with Crippen molar-refractivity contribution < 1.29 is 0 Å². The molecule has 0 spiro atoms. The van der Waals surface area contributed by atoms with Crippen molar-refractivity contribution in [3.63, 3.8) is 0 Å². The molecule has 15 heavy (non-hydrogen) atoms. The second-order valence-electron chi connectivity index (χ2n) is 4.11. The molecular weight excluding hydrogens is 186 g/mol. The van der Waals surface area contributed by atoms with Gasteiger partial charge in [-0.05, 0) is 38.8 Å². The van der Waals surface area contributed by atoms with Gasteiger partial charge in [0.2, 0.25) is 0 Å². The van der Waals surface area contributed by atoms with Crippen LogP contribution in [-0.4, -0.2) is 22.9 Å². The van der Waals surface area contributed by atoms with E-state index >= 15 is 0 Å². The van der Waals surface area contributed by atoms with Gasteiger partial charge >= 0.3 is 0 Å². The van der Waals surface area contributed by atoms with E-state index in [1.54, 1.807) is 0 Å².